The van der Waals surface area contributed by atoms with E-state index in [0.29, 0.717) is 0 Å². The van der Waals surface area contributed by atoms with Crippen molar-refractivity contribution in [2.24, 2.45) is 0 Å². The highest BCUT2D eigenvalue weighted by atomic mass is 16.4. The van der Waals surface area contributed by atoms with Crippen molar-refractivity contribution in [2.45, 2.75) is 26.0 Å². The van der Waals surface area contributed by atoms with E-state index < -0.39 is 11.6 Å². The summed E-state index contributed by atoms with van der Waals surface area (Å²) in [5, 5.41) is 21.8. The number of benzene rings is 1. The maximum atomic E-state index is 11.9. The highest BCUT2D eigenvalue weighted by molar-refractivity contribution is 5.85. The largest absolute Gasteiger partial charge is 0.479 e. The van der Waals surface area contributed by atoms with Crippen LogP contribution in [0.1, 0.15) is 12.6 Å². The van der Waals surface area contributed by atoms with Gasteiger partial charge in [-0.15, -0.1) is 0 Å². The lowest BCUT2D eigenvalue weighted by Gasteiger charge is -2.18. The molecule has 0 spiro atoms. The van der Waals surface area contributed by atoms with Gasteiger partial charge in [0.25, 0.3) is 0 Å². The molecule has 1 unspecified atom stereocenters. The molecule has 1 aromatic carbocycles. The minimum atomic E-state index is -1.97. The Kier molecular flexibility index (Phi) is 3.99. The van der Waals surface area contributed by atoms with Gasteiger partial charge in [0.2, 0.25) is 5.91 Å². The summed E-state index contributed by atoms with van der Waals surface area (Å²) < 4.78 is 1.85. The van der Waals surface area contributed by atoms with Crippen LogP contribution in [0, 0.1) is 6.92 Å². The van der Waals surface area contributed by atoms with Crippen LogP contribution in [0.4, 0.5) is 0 Å². The summed E-state index contributed by atoms with van der Waals surface area (Å²) in [5.41, 5.74) is -0.0878. The first-order valence-electron chi connectivity index (χ1n) is 6.58. The maximum Gasteiger partial charge on any atom is 0.337 e. The number of nitrogens with zero attached hydrogens (tertiary/aromatic N) is 1. The van der Waals surface area contributed by atoms with E-state index in [9.17, 15) is 14.7 Å². The van der Waals surface area contributed by atoms with Gasteiger partial charge in [0.15, 0.2) is 5.60 Å². The zero-order valence-electron chi connectivity index (χ0n) is 12.0. The Morgan fingerprint density at radius 2 is 2.00 bits per heavy atom. The lowest BCUT2D eigenvalue weighted by atomic mass is 10.1. The molecule has 0 saturated heterocycles. The lowest BCUT2D eigenvalue weighted by Crippen LogP contribution is -2.47. The molecule has 112 valence electrons. The maximum absolute atomic E-state index is 11.9. The molecule has 1 heterocycles. The number of nitrogens with one attached hydrogen (secondary N) is 1. The number of carbonyl (C=O) groups is 2. The zero-order valence-corrected chi connectivity index (χ0v) is 12.0. The number of aliphatic carboxylic acids is 1. The molecule has 21 heavy (non-hydrogen) atoms. The van der Waals surface area contributed by atoms with Crippen molar-refractivity contribution in [3.05, 3.63) is 36.0 Å². The average molecular weight is 290 g/mol. The summed E-state index contributed by atoms with van der Waals surface area (Å²) in [6.07, 6.45) is 0. The van der Waals surface area contributed by atoms with Crippen molar-refractivity contribution in [1.82, 2.24) is 9.88 Å². The van der Waals surface area contributed by atoms with Gasteiger partial charge < -0.3 is 20.1 Å². The molecular weight excluding hydrogens is 272 g/mol. The van der Waals surface area contributed by atoms with Crippen LogP contribution in [0.2, 0.25) is 0 Å². The van der Waals surface area contributed by atoms with Crippen LogP contribution in [0.3, 0.4) is 0 Å². The molecular formula is C15H18N2O4. The molecule has 1 aromatic heterocycles. The van der Waals surface area contributed by atoms with Gasteiger partial charge >= 0.3 is 5.97 Å². The number of aliphatic hydroxyl groups is 1. The van der Waals surface area contributed by atoms with Crippen molar-refractivity contribution in [3.63, 3.8) is 0 Å². The van der Waals surface area contributed by atoms with E-state index >= 15 is 0 Å². The first-order valence-corrected chi connectivity index (χ1v) is 6.58. The third-order valence-electron chi connectivity index (χ3n) is 3.41. The Morgan fingerprint density at radius 3 is 2.67 bits per heavy atom. The van der Waals surface area contributed by atoms with E-state index in [1.807, 2.05) is 41.8 Å². The standard InChI is InChI=1S/C15H18N2O4/c1-10-7-11-5-3-4-6-12(11)17(10)8-13(18)16-9-15(2,21)14(19)20/h3-7,21H,8-9H2,1-2H3,(H,16,18)(H,19,20). The summed E-state index contributed by atoms with van der Waals surface area (Å²) in [6, 6.07) is 9.69. The third kappa shape index (κ3) is 3.22. The van der Waals surface area contributed by atoms with Crippen molar-refractivity contribution >= 4 is 22.8 Å². The van der Waals surface area contributed by atoms with Gasteiger partial charge in [0.05, 0.1) is 6.54 Å². The van der Waals surface area contributed by atoms with Crippen molar-refractivity contribution in [1.29, 1.82) is 0 Å². The Hall–Kier alpha value is -2.34. The predicted molar refractivity (Wildman–Crippen MR) is 77.9 cm³/mol. The molecule has 0 aliphatic carbocycles. The number of carbonyl (C=O) groups excluding carboxylic acids is 1. The van der Waals surface area contributed by atoms with E-state index in [4.69, 9.17) is 5.11 Å². The molecule has 3 N–H and O–H groups in total. The molecule has 1 atom stereocenters. The third-order valence-corrected chi connectivity index (χ3v) is 3.41. The molecule has 2 rings (SSSR count). The van der Waals surface area contributed by atoms with Gasteiger partial charge in [0.1, 0.15) is 6.54 Å². The first-order chi connectivity index (χ1) is 9.81. The van der Waals surface area contributed by atoms with Crippen molar-refractivity contribution < 1.29 is 19.8 Å². The van der Waals surface area contributed by atoms with Gasteiger partial charge in [-0.2, -0.15) is 0 Å². The molecule has 0 saturated carbocycles. The number of aryl methyl sites for hydroxylation is 1. The molecule has 1 amide bonds. The number of hydrogen-bond acceptors (Lipinski definition) is 3. The van der Waals surface area contributed by atoms with Crippen LogP contribution >= 0.6 is 0 Å². The summed E-state index contributed by atoms with van der Waals surface area (Å²) >= 11 is 0. The molecule has 0 bridgehead atoms. The van der Waals surface area contributed by atoms with E-state index in [-0.39, 0.29) is 19.0 Å². The van der Waals surface area contributed by atoms with E-state index in [1.165, 1.54) is 0 Å². The Morgan fingerprint density at radius 1 is 1.33 bits per heavy atom. The first kappa shape index (κ1) is 15.1. The average Bonchev–Trinajstić information content (AvgIpc) is 2.73. The number of rotatable bonds is 5. The number of hydrogen-bond donors (Lipinski definition) is 3. The number of carboxylic acids is 1. The van der Waals surface area contributed by atoms with E-state index in [1.54, 1.807) is 0 Å². The van der Waals surface area contributed by atoms with Gasteiger partial charge in [0, 0.05) is 11.2 Å². The predicted octanol–water partition coefficient (Wildman–Crippen LogP) is 0.902. The van der Waals surface area contributed by atoms with Crippen LogP contribution in [0.5, 0.6) is 0 Å². The second kappa shape index (κ2) is 5.57. The number of fused-ring (bicyclic) bond motifs is 1. The molecule has 0 radical (unpaired) electrons. The van der Waals surface area contributed by atoms with Crippen LogP contribution in [-0.2, 0) is 16.1 Å². The topological polar surface area (TPSA) is 91.6 Å². The van der Waals surface area contributed by atoms with Crippen LogP contribution < -0.4 is 5.32 Å². The fourth-order valence-corrected chi connectivity index (χ4v) is 2.10. The molecule has 6 heteroatoms. The zero-order chi connectivity index (χ0) is 15.6. The van der Waals surface area contributed by atoms with Gasteiger partial charge in [-0.05, 0) is 31.4 Å². The van der Waals surface area contributed by atoms with Crippen LogP contribution in [0.15, 0.2) is 30.3 Å². The summed E-state index contributed by atoms with van der Waals surface area (Å²) in [4.78, 5) is 22.7. The Balaban J connectivity index is 2.09. The number of amides is 1. The number of aromatic nitrogens is 1. The molecule has 0 aliphatic rings. The highest BCUT2D eigenvalue weighted by Crippen LogP contribution is 2.18. The molecule has 0 fully saturated rings. The summed E-state index contributed by atoms with van der Waals surface area (Å²) in [6.45, 7) is 2.79. The van der Waals surface area contributed by atoms with Gasteiger partial charge in [-0.1, -0.05) is 18.2 Å². The van der Waals surface area contributed by atoms with Crippen molar-refractivity contribution in [2.75, 3.05) is 6.54 Å². The minimum Gasteiger partial charge on any atom is -0.479 e. The fourth-order valence-electron chi connectivity index (χ4n) is 2.10. The molecule has 0 aliphatic heterocycles. The quantitative estimate of drug-likeness (QED) is 0.763. The second-order valence-electron chi connectivity index (χ2n) is 5.29. The summed E-state index contributed by atoms with van der Waals surface area (Å²) in [7, 11) is 0. The highest BCUT2D eigenvalue weighted by Gasteiger charge is 2.30. The van der Waals surface area contributed by atoms with E-state index in [0.717, 1.165) is 23.5 Å². The summed E-state index contributed by atoms with van der Waals surface area (Å²) in [5.74, 6) is -1.72. The lowest BCUT2D eigenvalue weighted by molar-refractivity contribution is -0.156. The van der Waals surface area contributed by atoms with Crippen LogP contribution in [0.25, 0.3) is 10.9 Å². The fraction of sp³-hybridized carbons (Fsp3) is 0.333. The SMILES string of the molecule is Cc1cc2ccccc2n1CC(=O)NCC(C)(O)C(=O)O. The smallest absolute Gasteiger partial charge is 0.337 e. The number of carboxylic acid groups (broad SMARTS) is 1. The van der Waals surface area contributed by atoms with Gasteiger partial charge in [-0.25, -0.2) is 4.79 Å². The monoisotopic (exact) mass is 290 g/mol. The van der Waals surface area contributed by atoms with Crippen molar-refractivity contribution in [3.8, 4) is 0 Å². The molecule has 6 nitrogen and oxygen atoms in total. The Labute approximate surface area is 122 Å². The number of para-hydroxylation sites is 1. The Bertz CT molecular complexity index is 688. The van der Waals surface area contributed by atoms with Gasteiger partial charge in [-0.3, -0.25) is 4.79 Å². The minimum absolute atomic E-state index is 0.0784. The van der Waals surface area contributed by atoms with E-state index in [2.05, 4.69) is 5.32 Å². The normalized spacial score (nSPS) is 13.9. The van der Waals surface area contributed by atoms with Crippen LogP contribution in [-0.4, -0.2) is 38.8 Å². The molecule has 2 aromatic rings. The second-order valence-corrected chi connectivity index (χ2v) is 5.29.